The number of pyridine rings is 1. The smallest absolute Gasteiger partial charge is 0.314 e. The summed E-state index contributed by atoms with van der Waals surface area (Å²) in [6.45, 7) is 3.78. The third-order valence-corrected chi connectivity index (χ3v) is 4.29. The zero-order valence-electron chi connectivity index (χ0n) is 14.1. The van der Waals surface area contributed by atoms with Crippen LogP contribution in [0.4, 0.5) is 10.5 Å². The first-order chi connectivity index (χ1) is 11.5. The van der Waals surface area contributed by atoms with Crippen molar-refractivity contribution >= 4 is 28.7 Å². The molecule has 4 N–H and O–H groups in total. The minimum atomic E-state index is -0.426. The largest absolute Gasteiger partial charge is 0.379 e. The van der Waals surface area contributed by atoms with Crippen molar-refractivity contribution in [2.24, 2.45) is 5.73 Å². The number of nitrogens with two attached hydrogens (primary N) is 1. The molecule has 1 saturated heterocycles. The molecule has 1 aliphatic rings. The Kier molecular flexibility index (Phi) is 6.47. The summed E-state index contributed by atoms with van der Waals surface area (Å²) in [6.07, 6.45) is 4.03. The van der Waals surface area contributed by atoms with Gasteiger partial charge in [-0.2, -0.15) is 5.10 Å². The standard InChI is InChI=1S/C15H21N7O2.Ar/c1-3-22-13-10(7-19-22)12(11(6-18-13)14(23)17-2)20-9-4-5-21(8-9)15(16)24;/h6-7,9H,3-5,8H2,1-2H3,(H2,16,24)(H,17,23)(H,18,20);/t9-;/m1./s1. The first-order valence-corrected chi connectivity index (χ1v) is 7.92. The maximum absolute atomic E-state index is 12.2. The molecule has 0 radical (unpaired) electrons. The van der Waals surface area contributed by atoms with E-state index in [2.05, 4.69) is 20.7 Å². The monoisotopic (exact) mass is 371 g/mol. The number of hydrogen-bond donors (Lipinski definition) is 3. The van der Waals surface area contributed by atoms with Crippen molar-refractivity contribution in [2.45, 2.75) is 25.9 Å². The summed E-state index contributed by atoms with van der Waals surface area (Å²) in [5, 5.41) is 11.1. The SMILES string of the molecule is CCn1ncc2c(N[C@@H]3CCN(C(N)=O)C3)c(C(=O)NC)cnc21.[Ar]. The van der Waals surface area contributed by atoms with Crippen LogP contribution in [0.5, 0.6) is 0 Å². The van der Waals surface area contributed by atoms with Crippen molar-refractivity contribution in [2.75, 3.05) is 25.5 Å². The molecule has 1 atom stereocenters. The first kappa shape index (κ1) is 19.7. The van der Waals surface area contributed by atoms with Gasteiger partial charge in [-0.1, -0.05) is 0 Å². The van der Waals surface area contributed by atoms with Gasteiger partial charge in [0, 0.05) is 76.7 Å². The van der Waals surface area contributed by atoms with Crippen molar-refractivity contribution in [1.29, 1.82) is 0 Å². The van der Waals surface area contributed by atoms with Crippen LogP contribution in [0.2, 0.25) is 0 Å². The average molecular weight is 371 g/mol. The van der Waals surface area contributed by atoms with Gasteiger partial charge in [0.2, 0.25) is 0 Å². The average Bonchev–Trinajstić information content (AvgIpc) is 3.21. The van der Waals surface area contributed by atoms with Gasteiger partial charge in [0.05, 0.1) is 22.8 Å². The third-order valence-electron chi connectivity index (χ3n) is 4.29. The molecular formula is C15H21ArN7O2. The Morgan fingerprint density at radius 3 is 2.76 bits per heavy atom. The number of hydrogen-bond acceptors (Lipinski definition) is 5. The number of aromatic nitrogens is 3. The number of urea groups is 1. The van der Waals surface area contributed by atoms with Gasteiger partial charge in [-0.05, 0) is 13.3 Å². The molecular weight excluding hydrogens is 350 g/mol. The van der Waals surface area contributed by atoms with Crippen LogP contribution in [0.15, 0.2) is 12.4 Å². The molecule has 0 spiro atoms. The summed E-state index contributed by atoms with van der Waals surface area (Å²) in [7, 11) is 1.58. The Morgan fingerprint density at radius 2 is 2.16 bits per heavy atom. The Balaban J connectivity index is 0.00000225. The van der Waals surface area contributed by atoms with E-state index in [4.69, 9.17) is 5.73 Å². The van der Waals surface area contributed by atoms with Gasteiger partial charge in [0.25, 0.3) is 5.91 Å². The van der Waals surface area contributed by atoms with Gasteiger partial charge < -0.3 is 21.3 Å². The van der Waals surface area contributed by atoms with Gasteiger partial charge in [0.15, 0.2) is 5.65 Å². The summed E-state index contributed by atoms with van der Waals surface area (Å²) < 4.78 is 1.78. The second-order valence-corrected chi connectivity index (χ2v) is 5.74. The van der Waals surface area contributed by atoms with E-state index in [-0.39, 0.29) is 49.7 Å². The van der Waals surface area contributed by atoms with Crippen LogP contribution in [0.3, 0.4) is 0 Å². The van der Waals surface area contributed by atoms with Gasteiger partial charge in [-0.3, -0.25) is 4.79 Å². The fourth-order valence-corrected chi connectivity index (χ4v) is 3.00. The molecule has 1 aliphatic heterocycles. The number of anilines is 1. The Hall–Kier alpha value is -1.58. The van der Waals surface area contributed by atoms with Gasteiger partial charge >= 0.3 is 6.03 Å². The second kappa shape index (κ2) is 8.20. The van der Waals surface area contributed by atoms with E-state index in [1.54, 1.807) is 29.0 Å². The molecule has 1 fully saturated rings. The van der Waals surface area contributed by atoms with Crippen molar-refractivity contribution in [3.8, 4) is 0 Å². The number of rotatable bonds is 4. The maximum Gasteiger partial charge on any atom is 0.314 e. The topological polar surface area (TPSA) is 118 Å². The maximum atomic E-state index is 12.2. The van der Waals surface area contributed by atoms with Crippen molar-refractivity contribution in [3.63, 3.8) is 0 Å². The minimum Gasteiger partial charge on any atom is -0.379 e. The quantitative estimate of drug-likeness (QED) is 0.718. The molecule has 2 aromatic heterocycles. The Bertz CT molecular complexity index is 792. The number of likely N-dealkylation sites (tertiary alicyclic amines) is 1. The van der Waals surface area contributed by atoms with E-state index in [9.17, 15) is 9.59 Å². The molecule has 25 heavy (non-hydrogen) atoms. The van der Waals surface area contributed by atoms with Crippen LogP contribution in [0.25, 0.3) is 11.0 Å². The summed E-state index contributed by atoms with van der Waals surface area (Å²) in [6, 6.07) is -0.402. The molecule has 0 unspecified atom stereocenters. The number of nitrogens with one attached hydrogen (secondary N) is 2. The Morgan fingerprint density at radius 1 is 1.40 bits per heavy atom. The molecule has 9 nitrogen and oxygen atoms in total. The van der Waals surface area contributed by atoms with Gasteiger partial charge in [-0.15, -0.1) is 0 Å². The minimum absolute atomic E-state index is 0. The van der Waals surface area contributed by atoms with Gasteiger partial charge in [-0.25, -0.2) is 14.5 Å². The molecule has 3 rings (SSSR count). The zero-order valence-corrected chi connectivity index (χ0v) is 14.8. The first-order valence-electron chi connectivity index (χ1n) is 7.92. The van der Waals surface area contributed by atoms with Crippen molar-refractivity contribution in [1.82, 2.24) is 25.0 Å². The van der Waals surface area contributed by atoms with E-state index < -0.39 is 6.03 Å². The van der Waals surface area contributed by atoms with E-state index in [0.29, 0.717) is 30.9 Å². The fourth-order valence-electron chi connectivity index (χ4n) is 3.00. The zero-order chi connectivity index (χ0) is 17.3. The Labute approximate surface area is 175 Å². The van der Waals surface area contributed by atoms with E-state index in [1.807, 2.05) is 6.92 Å². The number of amides is 3. The van der Waals surface area contributed by atoms with E-state index >= 15 is 0 Å². The predicted molar refractivity (Wildman–Crippen MR) is 89.8 cm³/mol. The molecule has 10 heteroatoms. The number of aryl methyl sites for hydroxylation is 1. The second-order valence-electron chi connectivity index (χ2n) is 5.74. The van der Waals surface area contributed by atoms with Crippen LogP contribution in [0.1, 0.15) is 23.7 Å². The number of primary amides is 1. The molecule has 3 amide bonds. The number of carbonyl (C=O) groups excluding carboxylic acids is 2. The molecule has 0 aliphatic carbocycles. The van der Waals surface area contributed by atoms with E-state index in [1.165, 1.54) is 0 Å². The number of nitrogens with zero attached hydrogens (tertiary/aromatic N) is 4. The fraction of sp³-hybridized carbons (Fsp3) is 0.467. The molecule has 0 bridgehead atoms. The van der Waals surface area contributed by atoms with Crippen molar-refractivity contribution < 1.29 is 47.3 Å². The summed E-state index contributed by atoms with van der Waals surface area (Å²) in [4.78, 5) is 29.5. The van der Waals surface area contributed by atoms with Crippen LogP contribution in [-0.2, 0) is 6.54 Å². The molecule has 2 aromatic rings. The molecule has 0 aromatic carbocycles. The molecule has 136 valence electrons. The third kappa shape index (κ3) is 3.83. The summed E-state index contributed by atoms with van der Waals surface area (Å²) in [5.74, 6) is -0.221. The van der Waals surface area contributed by atoms with Crippen LogP contribution in [-0.4, -0.2) is 57.8 Å². The number of carbonyl (C=O) groups is 2. The van der Waals surface area contributed by atoms with Gasteiger partial charge in [0.1, 0.15) is 0 Å². The van der Waals surface area contributed by atoms with Crippen LogP contribution in [0, 0.1) is 37.7 Å². The van der Waals surface area contributed by atoms with Crippen LogP contribution >= 0.6 is 0 Å². The molecule has 3 heterocycles. The summed E-state index contributed by atoms with van der Waals surface area (Å²) in [5.41, 5.74) is 7.20. The molecule has 0 saturated carbocycles. The normalized spacial score (nSPS) is 16.6. The predicted octanol–water partition coefficient (Wildman–Crippen LogP) is 0.376. The van der Waals surface area contributed by atoms with Crippen LogP contribution < -0.4 is 16.4 Å². The van der Waals surface area contributed by atoms with E-state index in [0.717, 1.165) is 17.5 Å². The van der Waals surface area contributed by atoms with Crippen molar-refractivity contribution in [3.05, 3.63) is 18.0 Å². The number of fused-ring (bicyclic) bond motifs is 1. The summed E-state index contributed by atoms with van der Waals surface area (Å²) >= 11 is 0.